The number of imidazole rings is 1. The molecule has 4 aromatic rings. The van der Waals surface area contributed by atoms with E-state index in [2.05, 4.69) is 35.0 Å². The molecule has 10 heteroatoms. The van der Waals surface area contributed by atoms with Gasteiger partial charge in [0, 0.05) is 23.5 Å². The molecule has 3 heterocycles. The molecule has 0 saturated heterocycles. The predicted octanol–water partition coefficient (Wildman–Crippen LogP) is 3.31. The molecule has 0 radical (unpaired) electrons. The molecule has 0 unspecified atom stereocenters. The lowest BCUT2D eigenvalue weighted by Gasteiger charge is -2.13. The van der Waals surface area contributed by atoms with Gasteiger partial charge in [-0.25, -0.2) is 28.4 Å². The first-order chi connectivity index (χ1) is 14.1. The predicted molar refractivity (Wildman–Crippen MR) is 112 cm³/mol. The summed E-state index contributed by atoms with van der Waals surface area (Å²) in [6.45, 7) is 1.82. The average Bonchev–Trinajstić information content (AvgIpc) is 3.17. The Morgan fingerprint density at radius 1 is 1.07 bits per heavy atom. The van der Waals surface area contributed by atoms with E-state index in [1.165, 1.54) is 6.33 Å². The topological polar surface area (TPSA) is 126 Å². The molecular formula is C19H19N7O2S. The van der Waals surface area contributed by atoms with Gasteiger partial charge in [-0.3, -0.25) is 4.72 Å². The number of H-pyrrole nitrogens is 1. The molecule has 0 spiro atoms. The first-order valence-electron chi connectivity index (χ1n) is 9.03. The standard InChI is InChI=1S/C19H19N7O2S/c1-2-9-29(27,28)26-13-7-8-20-16(10-13)25-15-6-4-3-5-14(15)17-18-19(23-11-21-17)24-12-22-18/h3-8,10-12H,2,9H2,1H3,(H2,20,25,26)(H,21,22,23,24). The number of fused-ring (bicyclic) bond motifs is 1. The van der Waals surface area contributed by atoms with E-state index in [1.54, 1.807) is 24.7 Å². The number of pyridine rings is 1. The zero-order chi connectivity index (χ0) is 20.3. The maximum Gasteiger partial charge on any atom is 0.232 e. The Bertz CT molecular complexity index is 1250. The molecule has 4 rings (SSSR count). The van der Waals surface area contributed by atoms with Crippen molar-refractivity contribution in [3.63, 3.8) is 0 Å². The van der Waals surface area contributed by atoms with Crippen molar-refractivity contribution in [3.8, 4) is 11.3 Å². The summed E-state index contributed by atoms with van der Waals surface area (Å²) in [6, 6.07) is 10.9. The lowest BCUT2D eigenvalue weighted by Crippen LogP contribution is -2.16. The molecule has 148 valence electrons. The van der Waals surface area contributed by atoms with Gasteiger partial charge in [-0.05, 0) is 18.6 Å². The first kappa shape index (κ1) is 18.8. The van der Waals surface area contributed by atoms with E-state index in [-0.39, 0.29) is 5.75 Å². The summed E-state index contributed by atoms with van der Waals surface area (Å²) in [5, 5.41) is 3.25. The summed E-state index contributed by atoms with van der Waals surface area (Å²) in [6.07, 6.45) is 5.13. The molecule has 0 fully saturated rings. The maximum absolute atomic E-state index is 12.0. The van der Waals surface area contributed by atoms with Crippen molar-refractivity contribution in [2.75, 3.05) is 15.8 Å². The normalized spacial score (nSPS) is 11.5. The Morgan fingerprint density at radius 2 is 1.93 bits per heavy atom. The molecule has 29 heavy (non-hydrogen) atoms. The van der Waals surface area contributed by atoms with Crippen molar-refractivity contribution in [1.82, 2.24) is 24.9 Å². The van der Waals surface area contributed by atoms with Crippen LogP contribution in [0.1, 0.15) is 13.3 Å². The molecule has 3 aromatic heterocycles. The fraction of sp³-hybridized carbons (Fsp3) is 0.158. The summed E-state index contributed by atoms with van der Waals surface area (Å²) in [5.41, 5.74) is 4.07. The average molecular weight is 409 g/mol. The second-order valence-electron chi connectivity index (χ2n) is 6.34. The zero-order valence-corrected chi connectivity index (χ0v) is 16.4. The van der Waals surface area contributed by atoms with E-state index in [9.17, 15) is 8.42 Å². The minimum atomic E-state index is -3.38. The number of aromatic nitrogens is 5. The molecule has 0 aliphatic carbocycles. The molecule has 0 aliphatic rings. The van der Waals surface area contributed by atoms with Gasteiger partial charge in [-0.2, -0.15) is 0 Å². The molecule has 0 amide bonds. The number of anilines is 3. The Labute approximate surface area is 167 Å². The number of nitrogens with one attached hydrogen (secondary N) is 3. The third kappa shape index (κ3) is 4.16. The highest BCUT2D eigenvalue weighted by Gasteiger charge is 2.13. The summed E-state index contributed by atoms with van der Waals surface area (Å²) < 4.78 is 26.6. The molecule has 0 aliphatic heterocycles. The van der Waals surface area contributed by atoms with E-state index < -0.39 is 10.0 Å². The van der Waals surface area contributed by atoms with Crippen molar-refractivity contribution in [1.29, 1.82) is 0 Å². The third-order valence-electron chi connectivity index (χ3n) is 4.17. The molecular weight excluding hydrogens is 390 g/mol. The Morgan fingerprint density at radius 3 is 2.79 bits per heavy atom. The highest BCUT2D eigenvalue weighted by molar-refractivity contribution is 7.92. The number of hydrogen-bond donors (Lipinski definition) is 3. The largest absolute Gasteiger partial charge is 0.341 e. The van der Waals surface area contributed by atoms with Gasteiger partial charge in [-0.1, -0.05) is 25.1 Å². The van der Waals surface area contributed by atoms with Gasteiger partial charge in [0.15, 0.2) is 5.65 Å². The third-order valence-corrected chi connectivity index (χ3v) is 5.67. The highest BCUT2D eigenvalue weighted by atomic mass is 32.2. The molecule has 0 saturated carbocycles. The lowest BCUT2D eigenvalue weighted by molar-refractivity contribution is 0.600. The molecule has 3 N–H and O–H groups in total. The summed E-state index contributed by atoms with van der Waals surface area (Å²) in [5.74, 6) is 0.568. The van der Waals surface area contributed by atoms with Crippen LogP contribution in [0.15, 0.2) is 55.2 Å². The summed E-state index contributed by atoms with van der Waals surface area (Å²) in [4.78, 5) is 20.1. The number of nitrogens with zero attached hydrogens (tertiary/aromatic N) is 4. The summed E-state index contributed by atoms with van der Waals surface area (Å²) in [7, 11) is -3.38. The van der Waals surface area contributed by atoms with Crippen molar-refractivity contribution < 1.29 is 8.42 Å². The van der Waals surface area contributed by atoms with Crippen LogP contribution >= 0.6 is 0 Å². The number of aromatic amines is 1. The van der Waals surface area contributed by atoms with Crippen LogP contribution in [0.2, 0.25) is 0 Å². The van der Waals surface area contributed by atoms with Crippen LogP contribution in [0.5, 0.6) is 0 Å². The van der Waals surface area contributed by atoms with Crippen LogP contribution in [-0.2, 0) is 10.0 Å². The first-order valence-corrected chi connectivity index (χ1v) is 10.7. The van der Waals surface area contributed by atoms with Gasteiger partial charge < -0.3 is 10.3 Å². The van der Waals surface area contributed by atoms with E-state index in [4.69, 9.17) is 0 Å². The van der Waals surface area contributed by atoms with Crippen LogP contribution in [0.4, 0.5) is 17.2 Å². The van der Waals surface area contributed by atoms with Crippen molar-refractivity contribution in [2.45, 2.75) is 13.3 Å². The maximum atomic E-state index is 12.0. The second kappa shape index (κ2) is 7.84. The molecule has 1 aromatic carbocycles. The Kier molecular flexibility index (Phi) is 5.09. The van der Waals surface area contributed by atoms with E-state index in [0.717, 1.165) is 16.8 Å². The number of sulfonamides is 1. The quantitative estimate of drug-likeness (QED) is 0.427. The SMILES string of the molecule is CCCS(=O)(=O)Nc1ccnc(Nc2ccccc2-c2ncnc3nc[nH]c23)c1. The van der Waals surface area contributed by atoms with Crippen molar-refractivity contribution in [3.05, 3.63) is 55.2 Å². The monoisotopic (exact) mass is 409 g/mol. The van der Waals surface area contributed by atoms with Crippen molar-refractivity contribution in [2.24, 2.45) is 0 Å². The fourth-order valence-corrected chi connectivity index (χ4v) is 4.09. The molecule has 9 nitrogen and oxygen atoms in total. The van der Waals surface area contributed by atoms with Gasteiger partial charge in [0.2, 0.25) is 10.0 Å². The van der Waals surface area contributed by atoms with Gasteiger partial charge in [0.05, 0.1) is 17.8 Å². The van der Waals surface area contributed by atoms with Crippen LogP contribution in [0.3, 0.4) is 0 Å². The second-order valence-corrected chi connectivity index (χ2v) is 8.19. The molecule has 0 bridgehead atoms. The zero-order valence-electron chi connectivity index (χ0n) is 15.6. The minimum Gasteiger partial charge on any atom is -0.341 e. The number of benzene rings is 1. The minimum absolute atomic E-state index is 0.0643. The smallest absolute Gasteiger partial charge is 0.232 e. The Balaban J connectivity index is 1.67. The van der Waals surface area contributed by atoms with Crippen LogP contribution in [0.25, 0.3) is 22.4 Å². The summed E-state index contributed by atoms with van der Waals surface area (Å²) >= 11 is 0. The van der Waals surface area contributed by atoms with Crippen LogP contribution < -0.4 is 10.0 Å². The van der Waals surface area contributed by atoms with Crippen LogP contribution in [0, 0.1) is 0 Å². The lowest BCUT2D eigenvalue weighted by atomic mass is 10.1. The molecule has 0 atom stereocenters. The van der Waals surface area contributed by atoms with Crippen LogP contribution in [-0.4, -0.2) is 39.1 Å². The number of hydrogen-bond acceptors (Lipinski definition) is 7. The van der Waals surface area contributed by atoms with E-state index in [1.807, 2.05) is 31.2 Å². The Hall–Kier alpha value is -3.53. The van der Waals surface area contributed by atoms with E-state index in [0.29, 0.717) is 29.3 Å². The van der Waals surface area contributed by atoms with E-state index >= 15 is 0 Å². The van der Waals surface area contributed by atoms with Gasteiger partial charge in [0.25, 0.3) is 0 Å². The highest BCUT2D eigenvalue weighted by Crippen LogP contribution is 2.31. The number of para-hydroxylation sites is 1. The van der Waals surface area contributed by atoms with Gasteiger partial charge >= 0.3 is 0 Å². The van der Waals surface area contributed by atoms with Crippen molar-refractivity contribution >= 4 is 38.4 Å². The fourth-order valence-electron chi connectivity index (χ4n) is 2.97. The number of rotatable bonds is 7. The van der Waals surface area contributed by atoms with Gasteiger partial charge in [0.1, 0.15) is 23.4 Å². The van der Waals surface area contributed by atoms with Gasteiger partial charge in [-0.15, -0.1) is 0 Å².